The maximum Gasteiger partial charge on any atom is 0.316 e. The van der Waals surface area contributed by atoms with Gasteiger partial charge in [-0.2, -0.15) is 0 Å². The fraction of sp³-hybridized carbons (Fsp3) is 0.350. The van der Waals surface area contributed by atoms with Crippen LogP contribution < -0.4 is 14.4 Å². The summed E-state index contributed by atoms with van der Waals surface area (Å²) in [6.07, 6.45) is 1.03. The molecule has 27 heavy (non-hydrogen) atoms. The smallest absolute Gasteiger partial charge is 0.316 e. The Kier molecular flexibility index (Phi) is 4.97. The number of hydrogen-bond acceptors (Lipinski definition) is 5. The topological polar surface area (TPSA) is 44.9 Å². The highest BCUT2D eigenvalue weighted by Crippen LogP contribution is 2.40. The van der Waals surface area contributed by atoms with Gasteiger partial charge in [0.15, 0.2) is 18.0 Å². The molecule has 2 aliphatic rings. The number of amidine groups is 1. The summed E-state index contributed by atoms with van der Waals surface area (Å²) in [5.41, 5.74) is 0.670. The quantitative estimate of drug-likeness (QED) is 0.788. The number of hydrogen-bond donors (Lipinski definition) is 1. The third-order valence-corrected chi connectivity index (χ3v) is 6.47. The van der Waals surface area contributed by atoms with Crippen LogP contribution in [-0.2, 0) is 5.72 Å². The number of thioether (sulfide) groups is 1. The number of halogens is 1. The molecule has 1 N–H and O–H groups in total. The minimum atomic E-state index is -1.14. The number of aliphatic hydroxyl groups is 1. The maximum absolute atomic E-state index is 11.8. The molecule has 0 spiro atoms. The van der Waals surface area contributed by atoms with Crippen LogP contribution in [0.25, 0.3) is 0 Å². The summed E-state index contributed by atoms with van der Waals surface area (Å²) in [7, 11) is 3.21. The van der Waals surface area contributed by atoms with E-state index in [9.17, 15) is 5.11 Å². The molecule has 2 aromatic carbocycles. The molecule has 0 fully saturated rings. The van der Waals surface area contributed by atoms with E-state index >= 15 is 0 Å². The van der Waals surface area contributed by atoms with Crippen LogP contribution in [0.3, 0.4) is 0 Å². The second-order valence-electron chi connectivity index (χ2n) is 6.59. The fourth-order valence-corrected chi connectivity index (χ4v) is 4.96. The Hall–Kier alpha value is -1.89. The molecule has 0 amide bonds. The van der Waals surface area contributed by atoms with Gasteiger partial charge in [-0.25, -0.2) is 9.48 Å². The van der Waals surface area contributed by atoms with Crippen LogP contribution in [0.4, 0.5) is 5.69 Å². The Morgan fingerprint density at radius 2 is 1.85 bits per heavy atom. The Bertz CT molecular complexity index is 887. The summed E-state index contributed by atoms with van der Waals surface area (Å²) in [5, 5.41) is 13.5. The molecule has 5 nitrogen and oxygen atoms in total. The van der Waals surface area contributed by atoms with Gasteiger partial charge in [0.25, 0.3) is 5.72 Å². The summed E-state index contributed by atoms with van der Waals surface area (Å²) in [6.45, 7) is 1.24. The Balaban J connectivity index is 1.78. The number of ether oxygens (including phenoxy) is 2. The van der Waals surface area contributed by atoms with E-state index in [2.05, 4.69) is 9.48 Å². The molecule has 0 saturated carbocycles. The molecule has 142 valence electrons. The molecule has 1 atom stereocenters. The average Bonchev–Trinajstić information content (AvgIpc) is 3.02. The summed E-state index contributed by atoms with van der Waals surface area (Å²) < 4.78 is 12.9. The van der Waals surface area contributed by atoms with E-state index in [1.54, 1.807) is 26.0 Å². The fourth-order valence-electron chi connectivity index (χ4n) is 3.66. The van der Waals surface area contributed by atoms with Crippen molar-refractivity contribution in [1.82, 2.24) is 0 Å². The third kappa shape index (κ3) is 3.16. The van der Waals surface area contributed by atoms with Gasteiger partial charge in [-0.05, 0) is 60.6 Å². The SMILES string of the molecule is COc1ccc([C@@]2(O)CN(c3ccc(Cl)cc3)C3=[N+]2CCCS3)cc1OC. The lowest BCUT2D eigenvalue weighted by Gasteiger charge is -2.25. The van der Waals surface area contributed by atoms with Gasteiger partial charge >= 0.3 is 5.17 Å². The number of anilines is 1. The van der Waals surface area contributed by atoms with E-state index < -0.39 is 5.72 Å². The van der Waals surface area contributed by atoms with Crippen molar-refractivity contribution in [3.8, 4) is 11.5 Å². The Morgan fingerprint density at radius 1 is 1.11 bits per heavy atom. The summed E-state index contributed by atoms with van der Waals surface area (Å²) in [6, 6.07) is 13.3. The van der Waals surface area contributed by atoms with Gasteiger partial charge in [0.1, 0.15) is 5.69 Å². The monoisotopic (exact) mass is 405 g/mol. The van der Waals surface area contributed by atoms with Gasteiger partial charge < -0.3 is 14.6 Å². The molecule has 7 heteroatoms. The van der Waals surface area contributed by atoms with E-state index in [1.165, 1.54) is 0 Å². The highest BCUT2D eigenvalue weighted by atomic mass is 35.5. The standard InChI is InChI=1S/C20H22ClN2O3S/c1-25-17-9-4-14(12-18(17)26-2)20(24)13-22(16-7-5-15(21)6-8-16)19-23(20)10-3-11-27-19/h4-9,12,24H,3,10-11,13H2,1-2H3/q+1/t20-/m0/s1. The zero-order chi connectivity index (χ0) is 19.0. The van der Waals surface area contributed by atoms with Crippen molar-refractivity contribution in [2.24, 2.45) is 0 Å². The van der Waals surface area contributed by atoms with Crippen molar-refractivity contribution < 1.29 is 19.2 Å². The molecular formula is C20H22ClN2O3S+. The first-order valence-corrected chi connectivity index (χ1v) is 10.2. The van der Waals surface area contributed by atoms with E-state index in [0.717, 1.165) is 35.1 Å². The van der Waals surface area contributed by atoms with Gasteiger partial charge in [-0.15, -0.1) is 0 Å². The van der Waals surface area contributed by atoms with Crippen LogP contribution in [0.1, 0.15) is 12.0 Å². The second kappa shape index (κ2) is 7.26. The molecule has 2 heterocycles. The second-order valence-corrected chi connectivity index (χ2v) is 8.08. The van der Waals surface area contributed by atoms with Crippen molar-refractivity contribution >= 4 is 34.2 Å². The highest BCUT2D eigenvalue weighted by Gasteiger charge is 2.53. The molecule has 0 unspecified atom stereocenters. The lowest BCUT2D eigenvalue weighted by molar-refractivity contribution is -0.656. The van der Waals surface area contributed by atoms with E-state index in [1.807, 2.05) is 42.5 Å². The van der Waals surface area contributed by atoms with Gasteiger partial charge in [0.05, 0.1) is 20.8 Å². The number of nitrogens with zero attached hydrogens (tertiary/aromatic N) is 2. The maximum atomic E-state index is 11.8. The molecule has 0 aromatic heterocycles. The summed E-state index contributed by atoms with van der Waals surface area (Å²) in [4.78, 5) is 2.16. The minimum absolute atomic E-state index is 0.437. The summed E-state index contributed by atoms with van der Waals surface area (Å²) >= 11 is 7.83. The average molecular weight is 406 g/mol. The largest absolute Gasteiger partial charge is 0.493 e. The van der Waals surface area contributed by atoms with Gasteiger partial charge in [-0.1, -0.05) is 11.6 Å². The molecule has 2 aromatic rings. The van der Waals surface area contributed by atoms with Gasteiger partial charge in [0, 0.05) is 16.3 Å². The van der Waals surface area contributed by atoms with E-state index in [4.69, 9.17) is 21.1 Å². The van der Waals surface area contributed by atoms with Crippen LogP contribution in [0.2, 0.25) is 5.02 Å². The number of rotatable bonds is 4. The van der Waals surface area contributed by atoms with Crippen LogP contribution >= 0.6 is 23.4 Å². The van der Waals surface area contributed by atoms with Gasteiger partial charge in [0.2, 0.25) is 0 Å². The van der Waals surface area contributed by atoms with Crippen LogP contribution in [-0.4, -0.2) is 47.9 Å². The van der Waals surface area contributed by atoms with Crippen molar-refractivity contribution in [2.75, 3.05) is 38.0 Å². The number of benzene rings is 2. The number of methoxy groups -OCH3 is 2. The lowest BCUT2D eigenvalue weighted by Crippen LogP contribution is -2.41. The first-order chi connectivity index (χ1) is 13.1. The van der Waals surface area contributed by atoms with Crippen LogP contribution in [0.15, 0.2) is 42.5 Å². The lowest BCUT2D eigenvalue weighted by atomic mass is 10.0. The van der Waals surface area contributed by atoms with Crippen molar-refractivity contribution in [1.29, 1.82) is 0 Å². The first kappa shape index (κ1) is 18.5. The normalized spacial score (nSPS) is 22.0. The Labute approximate surface area is 168 Å². The predicted octanol–water partition coefficient (Wildman–Crippen LogP) is 3.53. The highest BCUT2D eigenvalue weighted by molar-refractivity contribution is 8.13. The van der Waals surface area contributed by atoms with E-state index in [-0.39, 0.29) is 0 Å². The van der Waals surface area contributed by atoms with Crippen LogP contribution in [0, 0.1) is 0 Å². The molecule has 0 aliphatic carbocycles. The molecule has 0 bridgehead atoms. The molecule has 0 saturated heterocycles. The molecular weight excluding hydrogens is 384 g/mol. The van der Waals surface area contributed by atoms with Crippen LogP contribution in [0.5, 0.6) is 11.5 Å². The van der Waals surface area contributed by atoms with E-state index in [0.29, 0.717) is 23.1 Å². The van der Waals surface area contributed by atoms with Crippen molar-refractivity contribution in [3.05, 3.63) is 53.1 Å². The van der Waals surface area contributed by atoms with Gasteiger partial charge in [-0.3, -0.25) is 0 Å². The zero-order valence-electron chi connectivity index (χ0n) is 15.3. The first-order valence-electron chi connectivity index (χ1n) is 8.82. The molecule has 2 aliphatic heterocycles. The molecule has 0 radical (unpaired) electrons. The van der Waals surface area contributed by atoms with Crippen molar-refractivity contribution in [2.45, 2.75) is 12.1 Å². The number of β-amino-alcohol motifs (C(OH)–C–C–N with tert-alkyl or cyclic N) is 1. The minimum Gasteiger partial charge on any atom is -0.493 e. The zero-order valence-corrected chi connectivity index (χ0v) is 16.9. The third-order valence-electron chi connectivity index (χ3n) is 5.03. The van der Waals surface area contributed by atoms with Crippen molar-refractivity contribution in [3.63, 3.8) is 0 Å². The Morgan fingerprint density at radius 3 is 2.56 bits per heavy atom. The predicted molar refractivity (Wildman–Crippen MR) is 109 cm³/mol. The molecule has 4 rings (SSSR count). The summed E-state index contributed by atoms with van der Waals surface area (Å²) in [5.74, 6) is 2.30.